The number of hydrogen-bond donors (Lipinski definition) is 0. The second-order valence-corrected chi connectivity index (χ2v) is 3.11. The molecule has 2 nitrogen and oxygen atoms in total. The first-order valence-electron chi connectivity index (χ1n) is 1.78. The van der Waals surface area contributed by atoms with Crippen LogP contribution >= 0.6 is 20.8 Å². The Morgan fingerprint density at radius 1 is 1.71 bits per heavy atom. The van der Waals surface area contributed by atoms with E-state index >= 15 is 0 Å². The second kappa shape index (κ2) is 1.53. The topological polar surface area (TPSA) is 24.7 Å². The predicted molar refractivity (Wildman–Crippen MR) is 32.3 cm³/mol. The molecule has 38 valence electrons. The molecular weight excluding hydrogens is 130 g/mol. The van der Waals surface area contributed by atoms with Gasteiger partial charge in [0.1, 0.15) is 0 Å². The minimum Gasteiger partial charge on any atom is -0.162 e. The van der Waals surface area contributed by atoms with Crippen LogP contribution in [0.1, 0.15) is 0 Å². The van der Waals surface area contributed by atoms with Gasteiger partial charge in [-0.05, 0) is 6.08 Å². The highest BCUT2D eigenvalue weighted by molar-refractivity contribution is 7.23. The Labute approximate surface area is 48.9 Å². The Morgan fingerprint density at radius 3 is 2.57 bits per heavy atom. The van der Waals surface area contributed by atoms with Crippen molar-refractivity contribution >= 4 is 20.8 Å². The Hall–Kier alpha value is 0.0600. The minimum absolute atomic E-state index is 0.639. The van der Waals surface area contributed by atoms with Crippen LogP contribution in [0, 0.1) is 0 Å². The molecule has 7 heavy (non-hydrogen) atoms. The third kappa shape index (κ3) is 1.22. The predicted octanol–water partition coefficient (Wildman–Crippen LogP) is 1.73. The number of nitrogens with zero attached hydrogens (tertiary/aromatic N) is 2. The molecule has 1 aliphatic heterocycles. The van der Waals surface area contributed by atoms with Gasteiger partial charge < -0.3 is 0 Å². The molecule has 1 rings (SSSR count). The highest BCUT2D eigenvalue weighted by atomic mass is 35.5. The molecule has 0 spiro atoms. The van der Waals surface area contributed by atoms with E-state index in [1.165, 1.54) is 0 Å². The standard InChI is InChI=1S/C3H4ClN2P/c4-3(7)1-2-5-6-3/h1-2H,7H2. The molecule has 0 aromatic heterocycles. The summed E-state index contributed by atoms with van der Waals surface area (Å²) in [5.74, 6) is 0. The van der Waals surface area contributed by atoms with Crippen molar-refractivity contribution in [2.24, 2.45) is 10.2 Å². The summed E-state index contributed by atoms with van der Waals surface area (Å²) in [4.78, 5) is 0. The second-order valence-electron chi connectivity index (χ2n) is 1.26. The zero-order chi connectivity index (χ0) is 5.33. The normalized spacial score (nSPS) is 37.4. The molecule has 0 N–H and O–H groups in total. The van der Waals surface area contributed by atoms with E-state index < -0.39 is 4.74 Å². The summed E-state index contributed by atoms with van der Waals surface area (Å²) in [5.41, 5.74) is 0. The van der Waals surface area contributed by atoms with E-state index in [1.807, 2.05) is 0 Å². The first-order chi connectivity index (χ1) is 3.21. The number of rotatable bonds is 0. The maximum absolute atomic E-state index is 5.58. The molecule has 0 saturated carbocycles. The van der Waals surface area contributed by atoms with Crippen molar-refractivity contribution < 1.29 is 0 Å². The highest BCUT2D eigenvalue weighted by Gasteiger charge is 2.17. The molecule has 0 bridgehead atoms. The van der Waals surface area contributed by atoms with Gasteiger partial charge in [0.2, 0.25) is 0 Å². The maximum Gasteiger partial charge on any atom is 0.187 e. The van der Waals surface area contributed by atoms with Crippen LogP contribution < -0.4 is 0 Å². The third-order valence-electron chi connectivity index (χ3n) is 0.586. The lowest BCUT2D eigenvalue weighted by atomic mass is 10.6. The largest absolute Gasteiger partial charge is 0.187 e. The van der Waals surface area contributed by atoms with Crippen LogP contribution in [0.25, 0.3) is 0 Å². The van der Waals surface area contributed by atoms with Gasteiger partial charge in [0.05, 0.1) is 0 Å². The summed E-state index contributed by atoms with van der Waals surface area (Å²) in [6, 6.07) is 0. The molecule has 0 fully saturated rings. The van der Waals surface area contributed by atoms with Gasteiger partial charge in [-0.1, -0.05) is 20.8 Å². The number of halogens is 1. The molecule has 2 unspecified atom stereocenters. The van der Waals surface area contributed by atoms with Crippen LogP contribution in [0.3, 0.4) is 0 Å². The van der Waals surface area contributed by atoms with E-state index in [1.54, 1.807) is 12.3 Å². The van der Waals surface area contributed by atoms with Crippen LogP contribution in [0.4, 0.5) is 0 Å². The molecule has 1 heterocycles. The molecular formula is C3H4ClN2P. The molecule has 0 amide bonds. The monoisotopic (exact) mass is 134 g/mol. The van der Waals surface area contributed by atoms with Crippen molar-refractivity contribution in [3.8, 4) is 0 Å². The third-order valence-corrected chi connectivity index (χ3v) is 1.10. The molecule has 0 radical (unpaired) electrons. The van der Waals surface area contributed by atoms with Gasteiger partial charge in [-0.25, -0.2) is 0 Å². The van der Waals surface area contributed by atoms with E-state index in [0.29, 0.717) is 0 Å². The average molecular weight is 135 g/mol. The minimum atomic E-state index is -0.639. The van der Waals surface area contributed by atoms with Crippen molar-refractivity contribution in [2.75, 3.05) is 0 Å². The van der Waals surface area contributed by atoms with E-state index in [9.17, 15) is 0 Å². The fourth-order valence-corrected chi connectivity index (χ4v) is 0.546. The molecule has 4 heteroatoms. The van der Waals surface area contributed by atoms with Crippen molar-refractivity contribution in [2.45, 2.75) is 4.74 Å². The lowest BCUT2D eigenvalue weighted by Crippen LogP contribution is -1.95. The molecule has 0 saturated heterocycles. The summed E-state index contributed by atoms with van der Waals surface area (Å²) in [6.07, 6.45) is 3.26. The summed E-state index contributed by atoms with van der Waals surface area (Å²) < 4.78 is -0.639. The van der Waals surface area contributed by atoms with Gasteiger partial charge >= 0.3 is 0 Å². The molecule has 2 atom stereocenters. The number of azo groups is 1. The molecule has 0 aliphatic carbocycles. The van der Waals surface area contributed by atoms with E-state index in [4.69, 9.17) is 11.6 Å². The quantitative estimate of drug-likeness (QED) is 0.274. The zero-order valence-electron chi connectivity index (χ0n) is 3.50. The van der Waals surface area contributed by atoms with Crippen molar-refractivity contribution in [1.29, 1.82) is 0 Å². The fraction of sp³-hybridized carbons (Fsp3) is 0.333. The van der Waals surface area contributed by atoms with Crippen molar-refractivity contribution in [3.63, 3.8) is 0 Å². The Balaban J connectivity index is 2.77. The van der Waals surface area contributed by atoms with Gasteiger partial charge in [0.25, 0.3) is 0 Å². The Kier molecular flexibility index (Phi) is 1.14. The fourth-order valence-electron chi connectivity index (χ4n) is 0.293. The van der Waals surface area contributed by atoms with E-state index in [-0.39, 0.29) is 0 Å². The number of alkyl halides is 1. The first-order valence-corrected chi connectivity index (χ1v) is 2.74. The summed E-state index contributed by atoms with van der Waals surface area (Å²) in [5, 5.41) is 7.14. The van der Waals surface area contributed by atoms with Crippen LogP contribution in [0.5, 0.6) is 0 Å². The lowest BCUT2D eigenvalue weighted by molar-refractivity contribution is 1.00. The molecule has 1 aliphatic rings. The van der Waals surface area contributed by atoms with Gasteiger partial charge in [0.15, 0.2) is 4.74 Å². The van der Waals surface area contributed by atoms with Crippen LogP contribution in [0.15, 0.2) is 22.5 Å². The molecule has 0 aromatic rings. The SMILES string of the molecule is PC1(Cl)C=CN=N1. The highest BCUT2D eigenvalue weighted by Crippen LogP contribution is 2.30. The summed E-state index contributed by atoms with van der Waals surface area (Å²) in [7, 11) is 2.35. The van der Waals surface area contributed by atoms with Crippen LogP contribution in [-0.4, -0.2) is 4.74 Å². The van der Waals surface area contributed by atoms with Gasteiger partial charge in [-0.15, -0.1) is 0 Å². The Morgan fingerprint density at radius 2 is 2.43 bits per heavy atom. The van der Waals surface area contributed by atoms with E-state index in [0.717, 1.165) is 0 Å². The summed E-state index contributed by atoms with van der Waals surface area (Å²) in [6.45, 7) is 0. The lowest BCUT2D eigenvalue weighted by Gasteiger charge is -2.00. The van der Waals surface area contributed by atoms with Crippen LogP contribution in [-0.2, 0) is 0 Å². The zero-order valence-corrected chi connectivity index (χ0v) is 5.42. The average Bonchev–Trinajstić information content (AvgIpc) is 1.84. The smallest absolute Gasteiger partial charge is 0.162 e. The van der Waals surface area contributed by atoms with Crippen molar-refractivity contribution in [3.05, 3.63) is 12.3 Å². The first kappa shape index (κ1) is 5.20. The summed E-state index contributed by atoms with van der Waals surface area (Å²) >= 11 is 5.58. The van der Waals surface area contributed by atoms with Gasteiger partial charge in [-0.2, -0.15) is 10.2 Å². The Bertz CT molecular complexity index is 115. The van der Waals surface area contributed by atoms with Gasteiger partial charge in [0, 0.05) is 6.20 Å². The van der Waals surface area contributed by atoms with Gasteiger partial charge in [-0.3, -0.25) is 0 Å². The van der Waals surface area contributed by atoms with Crippen LogP contribution in [0.2, 0.25) is 0 Å². The maximum atomic E-state index is 5.58. The van der Waals surface area contributed by atoms with Crippen molar-refractivity contribution in [1.82, 2.24) is 0 Å². The molecule has 0 aromatic carbocycles. The number of hydrogen-bond acceptors (Lipinski definition) is 2. The van der Waals surface area contributed by atoms with E-state index in [2.05, 4.69) is 19.5 Å².